The van der Waals surface area contributed by atoms with Gasteiger partial charge in [0.25, 0.3) is 0 Å². The molecular formula is C18H20FN3O. The Morgan fingerprint density at radius 1 is 1.30 bits per heavy atom. The van der Waals surface area contributed by atoms with Crippen LogP contribution < -0.4 is 5.32 Å². The van der Waals surface area contributed by atoms with Crippen LogP contribution in [0.25, 0.3) is 0 Å². The summed E-state index contributed by atoms with van der Waals surface area (Å²) in [7, 11) is 0. The second kappa shape index (κ2) is 7.22. The number of anilines is 1. The van der Waals surface area contributed by atoms with Crippen molar-refractivity contribution in [2.24, 2.45) is 5.92 Å². The Kier molecular flexibility index (Phi) is 4.86. The number of carbonyl (C=O) groups excluding carboxylic acids is 1. The summed E-state index contributed by atoms with van der Waals surface area (Å²) in [5.41, 5.74) is 1.86. The van der Waals surface area contributed by atoms with E-state index in [1.165, 1.54) is 12.1 Å². The summed E-state index contributed by atoms with van der Waals surface area (Å²) in [4.78, 5) is 18.1. The maximum Gasteiger partial charge on any atom is 0.321 e. The van der Waals surface area contributed by atoms with Gasteiger partial charge >= 0.3 is 6.03 Å². The van der Waals surface area contributed by atoms with Crippen LogP contribution in [0.1, 0.15) is 18.4 Å². The van der Waals surface area contributed by atoms with E-state index in [-0.39, 0.29) is 11.8 Å². The number of pyridine rings is 1. The fraction of sp³-hybridized carbons (Fsp3) is 0.333. The van der Waals surface area contributed by atoms with Crippen LogP contribution in [-0.2, 0) is 6.42 Å². The first-order valence-electron chi connectivity index (χ1n) is 7.91. The van der Waals surface area contributed by atoms with Crippen LogP contribution in [0.15, 0.2) is 48.8 Å². The van der Waals surface area contributed by atoms with E-state index in [9.17, 15) is 9.18 Å². The number of carbonyl (C=O) groups is 1. The summed E-state index contributed by atoms with van der Waals surface area (Å²) in [5, 5.41) is 2.87. The Labute approximate surface area is 135 Å². The number of amides is 2. The molecule has 5 heteroatoms. The highest BCUT2D eigenvalue weighted by molar-refractivity contribution is 5.89. The molecule has 0 radical (unpaired) electrons. The van der Waals surface area contributed by atoms with Crippen molar-refractivity contribution in [3.63, 3.8) is 0 Å². The molecule has 0 saturated carbocycles. The molecule has 120 valence electrons. The van der Waals surface area contributed by atoms with Gasteiger partial charge in [0.15, 0.2) is 0 Å². The van der Waals surface area contributed by atoms with Crippen LogP contribution >= 0.6 is 0 Å². The molecule has 1 fully saturated rings. The van der Waals surface area contributed by atoms with Crippen molar-refractivity contribution in [1.82, 2.24) is 9.88 Å². The fourth-order valence-electron chi connectivity index (χ4n) is 2.91. The zero-order chi connectivity index (χ0) is 16.1. The molecule has 1 aromatic carbocycles. The SMILES string of the molecule is O=C(Nc1cccnc1)N1CCC(CCc2ccc(F)cc2)C1. The van der Waals surface area contributed by atoms with Gasteiger partial charge in [-0.1, -0.05) is 12.1 Å². The maximum atomic E-state index is 12.9. The maximum absolute atomic E-state index is 12.9. The van der Waals surface area contributed by atoms with Gasteiger partial charge in [-0.2, -0.15) is 0 Å². The largest absolute Gasteiger partial charge is 0.324 e. The van der Waals surface area contributed by atoms with Gasteiger partial charge in [0.2, 0.25) is 0 Å². The first-order chi connectivity index (χ1) is 11.2. The third-order valence-corrected chi connectivity index (χ3v) is 4.24. The van der Waals surface area contributed by atoms with Gasteiger partial charge in [0.1, 0.15) is 5.82 Å². The third-order valence-electron chi connectivity index (χ3n) is 4.24. The molecule has 1 N–H and O–H groups in total. The number of hydrogen-bond acceptors (Lipinski definition) is 2. The van der Waals surface area contributed by atoms with E-state index >= 15 is 0 Å². The standard InChI is InChI=1S/C18H20FN3O/c19-16-7-5-14(6-8-16)3-4-15-9-11-22(13-15)18(23)21-17-2-1-10-20-12-17/h1-2,5-8,10,12,15H,3-4,9,11,13H2,(H,21,23). The molecule has 1 atom stereocenters. The van der Waals surface area contributed by atoms with Gasteiger partial charge in [-0.25, -0.2) is 9.18 Å². The van der Waals surface area contributed by atoms with Gasteiger partial charge < -0.3 is 10.2 Å². The first kappa shape index (κ1) is 15.5. The van der Waals surface area contributed by atoms with E-state index in [0.29, 0.717) is 11.6 Å². The molecule has 0 aliphatic carbocycles. The van der Waals surface area contributed by atoms with Gasteiger partial charge in [0, 0.05) is 19.3 Å². The number of likely N-dealkylation sites (tertiary alicyclic amines) is 1. The summed E-state index contributed by atoms with van der Waals surface area (Å²) < 4.78 is 12.9. The second-order valence-electron chi connectivity index (χ2n) is 5.94. The average molecular weight is 313 g/mol. The Morgan fingerprint density at radius 2 is 2.13 bits per heavy atom. The van der Waals surface area contributed by atoms with Crippen LogP contribution in [-0.4, -0.2) is 29.0 Å². The minimum atomic E-state index is -0.201. The number of rotatable bonds is 4. The van der Waals surface area contributed by atoms with Gasteiger partial charge in [-0.15, -0.1) is 0 Å². The highest BCUT2D eigenvalue weighted by Gasteiger charge is 2.25. The van der Waals surface area contributed by atoms with Crippen molar-refractivity contribution < 1.29 is 9.18 Å². The van der Waals surface area contributed by atoms with Crippen molar-refractivity contribution in [2.75, 3.05) is 18.4 Å². The summed E-state index contributed by atoms with van der Waals surface area (Å²) in [6, 6.07) is 10.2. The van der Waals surface area contributed by atoms with E-state index in [1.807, 2.05) is 23.1 Å². The molecule has 1 aliphatic heterocycles. The molecular weight excluding hydrogens is 293 g/mol. The van der Waals surface area contributed by atoms with Crippen molar-refractivity contribution in [2.45, 2.75) is 19.3 Å². The number of nitrogens with zero attached hydrogens (tertiary/aromatic N) is 2. The number of halogens is 1. The lowest BCUT2D eigenvalue weighted by atomic mass is 9.99. The lowest BCUT2D eigenvalue weighted by Crippen LogP contribution is -2.33. The summed E-state index contributed by atoms with van der Waals surface area (Å²) in [6.45, 7) is 1.55. The minimum Gasteiger partial charge on any atom is -0.324 e. The second-order valence-corrected chi connectivity index (χ2v) is 5.94. The molecule has 1 aliphatic rings. The molecule has 2 amide bonds. The molecule has 1 saturated heterocycles. The molecule has 2 aromatic rings. The molecule has 1 unspecified atom stereocenters. The van der Waals surface area contributed by atoms with Gasteiger partial charge in [0.05, 0.1) is 11.9 Å². The Hall–Kier alpha value is -2.43. The molecule has 23 heavy (non-hydrogen) atoms. The molecule has 0 bridgehead atoms. The van der Waals surface area contributed by atoms with E-state index in [1.54, 1.807) is 18.5 Å². The normalized spacial score (nSPS) is 17.3. The Morgan fingerprint density at radius 3 is 2.87 bits per heavy atom. The number of urea groups is 1. The summed E-state index contributed by atoms with van der Waals surface area (Å²) in [5.74, 6) is 0.299. The zero-order valence-electron chi connectivity index (χ0n) is 12.9. The van der Waals surface area contributed by atoms with E-state index < -0.39 is 0 Å². The Balaban J connectivity index is 1.46. The van der Waals surface area contributed by atoms with Crippen LogP contribution in [0.5, 0.6) is 0 Å². The molecule has 2 heterocycles. The van der Waals surface area contributed by atoms with Crippen molar-refractivity contribution >= 4 is 11.7 Å². The highest BCUT2D eigenvalue weighted by atomic mass is 19.1. The van der Waals surface area contributed by atoms with Crippen molar-refractivity contribution in [1.29, 1.82) is 0 Å². The highest BCUT2D eigenvalue weighted by Crippen LogP contribution is 2.22. The van der Waals surface area contributed by atoms with Crippen molar-refractivity contribution in [3.8, 4) is 0 Å². The molecule has 4 nitrogen and oxygen atoms in total. The smallest absolute Gasteiger partial charge is 0.321 e. The van der Waals surface area contributed by atoms with Crippen LogP contribution in [0.3, 0.4) is 0 Å². The van der Waals surface area contributed by atoms with Crippen molar-refractivity contribution in [3.05, 3.63) is 60.2 Å². The summed E-state index contributed by atoms with van der Waals surface area (Å²) in [6.07, 6.45) is 6.27. The number of benzene rings is 1. The summed E-state index contributed by atoms with van der Waals surface area (Å²) >= 11 is 0. The fourth-order valence-corrected chi connectivity index (χ4v) is 2.91. The van der Waals surface area contributed by atoms with Crippen LogP contribution in [0.2, 0.25) is 0 Å². The number of hydrogen-bond donors (Lipinski definition) is 1. The minimum absolute atomic E-state index is 0.0673. The monoisotopic (exact) mass is 313 g/mol. The lowest BCUT2D eigenvalue weighted by molar-refractivity contribution is 0.220. The first-order valence-corrected chi connectivity index (χ1v) is 7.91. The molecule has 1 aromatic heterocycles. The number of aromatic nitrogens is 1. The lowest BCUT2D eigenvalue weighted by Gasteiger charge is -2.17. The topological polar surface area (TPSA) is 45.2 Å². The zero-order valence-corrected chi connectivity index (χ0v) is 12.9. The molecule has 3 rings (SSSR count). The van der Waals surface area contributed by atoms with Gasteiger partial charge in [-0.3, -0.25) is 4.98 Å². The average Bonchev–Trinajstić information content (AvgIpc) is 3.04. The predicted octanol–water partition coefficient (Wildman–Crippen LogP) is 3.71. The number of aryl methyl sites for hydroxylation is 1. The van der Waals surface area contributed by atoms with Crippen LogP contribution in [0, 0.1) is 11.7 Å². The van der Waals surface area contributed by atoms with E-state index in [4.69, 9.17) is 0 Å². The predicted molar refractivity (Wildman–Crippen MR) is 87.7 cm³/mol. The quantitative estimate of drug-likeness (QED) is 0.935. The third kappa shape index (κ3) is 4.28. The molecule has 0 spiro atoms. The van der Waals surface area contributed by atoms with E-state index in [2.05, 4.69) is 10.3 Å². The van der Waals surface area contributed by atoms with E-state index in [0.717, 1.165) is 37.9 Å². The van der Waals surface area contributed by atoms with Crippen LogP contribution in [0.4, 0.5) is 14.9 Å². The van der Waals surface area contributed by atoms with Gasteiger partial charge in [-0.05, 0) is 55.0 Å². The number of nitrogens with one attached hydrogen (secondary N) is 1. The Bertz CT molecular complexity index is 645.